The molecule has 124 valence electrons. The molecule has 0 atom stereocenters. The van der Waals surface area contributed by atoms with Crippen molar-refractivity contribution in [2.45, 2.75) is 6.42 Å². The molecule has 25 heavy (non-hydrogen) atoms. The second-order valence-corrected chi connectivity index (χ2v) is 5.84. The van der Waals surface area contributed by atoms with Gasteiger partial charge < -0.3 is 9.15 Å². The maximum Gasteiger partial charge on any atom is 0.318 e. The third-order valence-electron chi connectivity index (χ3n) is 3.74. The van der Waals surface area contributed by atoms with Crippen molar-refractivity contribution in [3.05, 3.63) is 69.7 Å². The number of nitrogens with one attached hydrogen (secondary N) is 1. The topological polar surface area (TPSA) is 85.2 Å². The zero-order chi connectivity index (χ0) is 17.4. The number of rotatable bonds is 3. The Morgan fingerprint density at radius 1 is 1.16 bits per heavy atom. The SMILES string of the molecule is O=C(Cc1oc2ccccc2c2n[nH]c(=O)c1-2)Oc1ccc(Cl)cc1. The van der Waals surface area contributed by atoms with Crippen molar-refractivity contribution < 1.29 is 13.9 Å². The monoisotopic (exact) mass is 354 g/mol. The number of hydrogen-bond acceptors (Lipinski definition) is 5. The van der Waals surface area contributed by atoms with Crippen molar-refractivity contribution in [2.75, 3.05) is 0 Å². The summed E-state index contributed by atoms with van der Waals surface area (Å²) in [6.45, 7) is 0. The number of hydrogen-bond donors (Lipinski definition) is 1. The van der Waals surface area contributed by atoms with Gasteiger partial charge in [0.2, 0.25) is 0 Å². The number of carbonyl (C=O) groups is 1. The fourth-order valence-corrected chi connectivity index (χ4v) is 2.77. The molecule has 0 spiro atoms. The first-order valence-corrected chi connectivity index (χ1v) is 7.84. The Labute approximate surface area is 146 Å². The minimum Gasteiger partial charge on any atom is -0.459 e. The van der Waals surface area contributed by atoms with Crippen LogP contribution in [0.2, 0.25) is 5.02 Å². The van der Waals surface area contributed by atoms with E-state index in [2.05, 4.69) is 10.2 Å². The predicted molar refractivity (Wildman–Crippen MR) is 92.0 cm³/mol. The van der Waals surface area contributed by atoms with E-state index >= 15 is 0 Å². The zero-order valence-electron chi connectivity index (χ0n) is 12.8. The molecule has 0 amide bonds. The molecule has 2 aromatic rings. The Morgan fingerprint density at radius 2 is 1.92 bits per heavy atom. The Bertz CT molecular complexity index is 1100. The van der Waals surface area contributed by atoms with Gasteiger partial charge in [-0.2, -0.15) is 5.10 Å². The molecule has 0 bridgehead atoms. The summed E-state index contributed by atoms with van der Waals surface area (Å²) in [4.78, 5) is 24.3. The highest BCUT2D eigenvalue weighted by Crippen LogP contribution is 2.30. The van der Waals surface area contributed by atoms with Gasteiger partial charge in [-0.15, -0.1) is 0 Å². The van der Waals surface area contributed by atoms with Gasteiger partial charge in [0.05, 0.1) is 0 Å². The summed E-state index contributed by atoms with van der Waals surface area (Å²) in [6.07, 6.45) is -0.196. The number of para-hydroxylation sites is 1. The molecule has 4 rings (SSSR count). The van der Waals surface area contributed by atoms with Crippen molar-refractivity contribution in [2.24, 2.45) is 0 Å². The van der Waals surface area contributed by atoms with Crippen LogP contribution in [-0.2, 0) is 11.2 Å². The Morgan fingerprint density at radius 3 is 2.72 bits per heavy atom. The van der Waals surface area contributed by atoms with Crippen molar-refractivity contribution in [3.8, 4) is 17.0 Å². The van der Waals surface area contributed by atoms with Gasteiger partial charge in [-0.05, 0) is 36.4 Å². The van der Waals surface area contributed by atoms with Crippen LogP contribution >= 0.6 is 11.6 Å². The molecule has 0 aliphatic carbocycles. The Kier molecular flexibility index (Phi) is 3.74. The van der Waals surface area contributed by atoms with Gasteiger partial charge >= 0.3 is 5.97 Å². The van der Waals surface area contributed by atoms with E-state index in [1.807, 2.05) is 6.07 Å². The fraction of sp³-hybridized carbons (Fsp3) is 0.0556. The van der Waals surface area contributed by atoms with Crippen LogP contribution in [0.1, 0.15) is 5.76 Å². The summed E-state index contributed by atoms with van der Waals surface area (Å²) < 4.78 is 11.0. The van der Waals surface area contributed by atoms with E-state index in [4.69, 9.17) is 20.8 Å². The maximum atomic E-state index is 12.2. The molecule has 2 heterocycles. The average Bonchev–Trinajstić information content (AvgIpc) is 3.00. The van der Waals surface area contributed by atoms with Crippen LogP contribution in [-0.4, -0.2) is 16.2 Å². The van der Waals surface area contributed by atoms with E-state index < -0.39 is 11.5 Å². The molecular formula is C18H11ClN2O4. The zero-order valence-corrected chi connectivity index (χ0v) is 13.5. The van der Waals surface area contributed by atoms with E-state index in [-0.39, 0.29) is 17.7 Å². The highest BCUT2D eigenvalue weighted by Gasteiger charge is 2.23. The molecule has 0 radical (unpaired) electrons. The van der Waals surface area contributed by atoms with Gasteiger partial charge in [-0.3, -0.25) is 9.59 Å². The molecule has 0 saturated heterocycles. The predicted octanol–water partition coefficient (Wildman–Crippen LogP) is 3.42. The summed E-state index contributed by atoms with van der Waals surface area (Å²) >= 11 is 5.80. The van der Waals surface area contributed by atoms with Gasteiger partial charge in [0.25, 0.3) is 5.56 Å². The van der Waals surface area contributed by atoms with Crippen LogP contribution in [0.15, 0.2) is 57.7 Å². The molecule has 0 saturated carbocycles. The average molecular weight is 355 g/mol. The van der Waals surface area contributed by atoms with Gasteiger partial charge in [0, 0.05) is 10.4 Å². The van der Waals surface area contributed by atoms with Crippen molar-refractivity contribution >= 4 is 28.5 Å². The molecule has 7 heteroatoms. The number of aromatic nitrogens is 2. The first-order chi connectivity index (χ1) is 12.1. The summed E-state index contributed by atoms with van der Waals surface area (Å²) in [6, 6.07) is 13.6. The van der Waals surface area contributed by atoms with Gasteiger partial charge in [-0.1, -0.05) is 23.7 Å². The third kappa shape index (κ3) is 2.88. The lowest BCUT2D eigenvalue weighted by atomic mass is 10.1. The first kappa shape index (κ1) is 15.4. The van der Waals surface area contributed by atoms with Crippen molar-refractivity contribution in [1.29, 1.82) is 0 Å². The largest absolute Gasteiger partial charge is 0.459 e. The smallest absolute Gasteiger partial charge is 0.318 e. The fourth-order valence-electron chi connectivity index (χ4n) is 2.64. The van der Waals surface area contributed by atoms with E-state index in [9.17, 15) is 9.59 Å². The maximum absolute atomic E-state index is 12.2. The highest BCUT2D eigenvalue weighted by atomic mass is 35.5. The molecule has 0 unspecified atom stereocenters. The third-order valence-corrected chi connectivity index (χ3v) is 3.99. The molecule has 2 aliphatic rings. The number of benzene rings is 2. The molecule has 1 N–H and O–H groups in total. The number of nitrogens with zero attached hydrogens (tertiary/aromatic N) is 1. The number of H-pyrrole nitrogens is 1. The van der Waals surface area contributed by atoms with Crippen LogP contribution in [0.3, 0.4) is 0 Å². The van der Waals surface area contributed by atoms with Crippen LogP contribution < -0.4 is 10.3 Å². The van der Waals surface area contributed by atoms with E-state index in [1.54, 1.807) is 42.5 Å². The molecule has 2 aromatic carbocycles. The van der Waals surface area contributed by atoms with E-state index in [0.717, 1.165) is 0 Å². The Balaban J connectivity index is 1.70. The van der Waals surface area contributed by atoms with Crippen LogP contribution in [0, 0.1) is 0 Å². The second kappa shape index (κ2) is 6.07. The molecule has 2 aliphatic heterocycles. The minimum atomic E-state index is -0.553. The van der Waals surface area contributed by atoms with Gasteiger partial charge in [-0.25, -0.2) is 5.10 Å². The van der Waals surface area contributed by atoms with Crippen LogP contribution in [0.5, 0.6) is 5.75 Å². The number of aromatic amines is 1. The molecule has 0 aromatic heterocycles. The lowest BCUT2D eigenvalue weighted by Crippen LogP contribution is -2.14. The van der Waals surface area contributed by atoms with Gasteiger partial charge in [0.1, 0.15) is 34.8 Å². The van der Waals surface area contributed by atoms with E-state index in [1.165, 1.54) is 0 Å². The number of carbonyl (C=O) groups excluding carboxylic acids is 1. The quantitative estimate of drug-likeness (QED) is 0.450. The molecule has 6 nitrogen and oxygen atoms in total. The summed E-state index contributed by atoms with van der Waals surface area (Å²) in [5.74, 6) is 0.0237. The molecular weight excluding hydrogens is 344 g/mol. The lowest BCUT2D eigenvalue weighted by Gasteiger charge is -2.09. The highest BCUT2D eigenvalue weighted by molar-refractivity contribution is 6.30. The van der Waals surface area contributed by atoms with Crippen molar-refractivity contribution in [1.82, 2.24) is 10.2 Å². The standard InChI is InChI=1S/C18H11ClN2O4/c19-10-5-7-11(8-6-10)24-15(22)9-14-16-17(20-21-18(16)23)12-3-1-2-4-13(12)25-14/h1-8H,9H2,(H,21,23). The number of halogens is 1. The number of esters is 1. The van der Waals surface area contributed by atoms with Crippen LogP contribution in [0.4, 0.5) is 0 Å². The number of ether oxygens (including phenoxy) is 1. The summed E-state index contributed by atoms with van der Waals surface area (Å²) in [5.41, 5.74) is 0.863. The van der Waals surface area contributed by atoms with Gasteiger partial charge in [0.15, 0.2) is 0 Å². The number of fused-ring (bicyclic) bond motifs is 3. The summed E-state index contributed by atoms with van der Waals surface area (Å²) in [7, 11) is 0. The summed E-state index contributed by atoms with van der Waals surface area (Å²) in [5, 5.41) is 7.69. The first-order valence-electron chi connectivity index (χ1n) is 7.47. The molecule has 0 fully saturated rings. The normalized spacial score (nSPS) is 11.1. The second-order valence-electron chi connectivity index (χ2n) is 5.40. The van der Waals surface area contributed by atoms with Crippen molar-refractivity contribution in [3.63, 3.8) is 0 Å². The van der Waals surface area contributed by atoms with Crippen LogP contribution in [0.25, 0.3) is 22.2 Å². The minimum absolute atomic E-state index is 0.196. The Hall–Kier alpha value is -3.12. The van der Waals surface area contributed by atoms with E-state index in [0.29, 0.717) is 27.4 Å². The lowest BCUT2D eigenvalue weighted by molar-refractivity contribution is -0.133.